The average molecular weight is 262 g/mol. The first kappa shape index (κ1) is 15.7. The van der Waals surface area contributed by atoms with Crippen LogP contribution in [0.25, 0.3) is 0 Å². The molecule has 1 N–H and O–H groups in total. The summed E-state index contributed by atoms with van der Waals surface area (Å²) in [5.41, 5.74) is 1.62. The van der Waals surface area contributed by atoms with Crippen molar-refractivity contribution >= 4 is 5.78 Å². The van der Waals surface area contributed by atoms with Gasteiger partial charge in [0.1, 0.15) is 5.75 Å². The molecular formula is C17H26O2. The first-order chi connectivity index (χ1) is 9.15. The fourth-order valence-electron chi connectivity index (χ4n) is 2.34. The lowest BCUT2D eigenvalue weighted by Gasteiger charge is -2.05. The number of aryl methyl sites for hydroxylation is 1. The molecule has 19 heavy (non-hydrogen) atoms. The molecule has 0 saturated carbocycles. The lowest BCUT2D eigenvalue weighted by molar-refractivity contribution is 0.0978. The molecule has 1 aromatic rings. The number of hydrogen-bond acceptors (Lipinski definition) is 2. The number of Topliss-reactive ketones (excluding diaryl/α,β-unsaturated/α-hetero) is 1. The van der Waals surface area contributed by atoms with Gasteiger partial charge in [-0.1, -0.05) is 45.4 Å². The minimum absolute atomic E-state index is 0.200. The third-order valence-corrected chi connectivity index (χ3v) is 3.52. The molecule has 0 unspecified atom stereocenters. The quantitative estimate of drug-likeness (QED) is 0.501. The summed E-state index contributed by atoms with van der Waals surface area (Å²) in [6, 6.07) is 4.97. The molecule has 106 valence electrons. The van der Waals surface area contributed by atoms with Gasteiger partial charge in [0.05, 0.1) is 0 Å². The number of aromatic hydroxyl groups is 1. The topological polar surface area (TPSA) is 37.3 Å². The third-order valence-electron chi connectivity index (χ3n) is 3.52. The molecule has 0 amide bonds. The fraction of sp³-hybridized carbons (Fsp3) is 0.588. The molecule has 0 radical (unpaired) electrons. The van der Waals surface area contributed by atoms with Crippen molar-refractivity contribution in [1.29, 1.82) is 0 Å². The van der Waals surface area contributed by atoms with Gasteiger partial charge in [0.15, 0.2) is 5.78 Å². The zero-order valence-corrected chi connectivity index (χ0v) is 12.2. The maximum Gasteiger partial charge on any atom is 0.163 e. The summed E-state index contributed by atoms with van der Waals surface area (Å²) in [7, 11) is 0. The van der Waals surface area contributed by atoms with Crippen molar-refractivity contribution in [1.82, 2.24) is 0 Å². The lowest BCUT2D eigenvalue weighted by atomic mass is 9.99. The van der Waals surface area contributed by atoms with Gasteiger partial charge >= 0.3 is 0 Å². The zero-order chi connectivity index (χ0) is 14.1. The number of unbranched alkanes of at least 4 members (excludes halogenated alkanes) is 6. The number of rotatable bonds is 9. The highest BCUT2D eigenvalue weighted by Crippen LogP contribution is 2.18. The second-order valence-electron chi connectivity index (χ2n) is 5.29. The van der Waals surface area contributed by atoms with Crippen molar-refractivity contribution in [3.63, 3.8) is 0 Å². The summed E-state index contributed by atoms with van der Waals surface area (Å²) in [6.45, 7) is 4.09. The Morgan fingerprint density at radius 3 is 2.32 bits per heavy atom. The van der Waals surface area contributed by atoms with Crippen LogP contribution >= 0.6 is 0 Å². The molecule has 0 heterocycles. The van der Waals surface area contributed by atoms with Gasteiger partial charge in [-0.25, -0.2) is 0 Å². The molecule has 0 aromatic heterocycles. The fourth-order valence-corrected chi connectivity index (χ4v) is 2.34. The predicted molar refractivity (Wildman–Crippen MR) is 79.8 cm³/mol. The number of ketones is 1. The minimum Gasteiger partial charge on any atom is -0.508 e. The number of carbonyl (C=O) groups excluding carboxylic acids is 1. The van der Waals surface area contributed by atoms with E-state index in [0.717, 1.165) is 24.0 Å². The average Bonchev–Trinajstić information content (AvgIpc) is 2.37. The summed E-state index contributed by atoms with van der Waals surface area (Å²) in [4.78, 5) is 12.0. The van der Waals surface area contributed by atoms with Crippen molar-refractivity contribution in [2.75, 3.05) is 0 Å². The van der Waals surface area contributed by atoms with Crippen LogP contribution in [0.2, 0.25) is 0 Å². The van der Waals surface area contributed by atoms with E-state index in [-0.39, 0.29) is 11.5 Å². The van der Waals surface area contributed by atoms with Crippen molar-refractivity contribution in [2.45, 2.75) is 65.2 Å². The van der Waals surface area contributed by atoms with Crippen molar-refractivity contribution in [3.05, 3.63) is 29.3 Å². The molecule has 0 aliphatic heterocycles. The Hall–Kier alpha value is -1.31. The molecule has 1 aromatic carbocycles. The highest BCUT2D eigenvalue weighted by atomic mass is 16.3. The highest BCUT2D eigenvalue weighted by molar-refractivity contribution is 5.97. The first-order valence-corrected chi connectivity index (χ1v) is 7.48. The minimum atomic E-state index is 0.200. The predicted octanol–water partition coefficient (Wildman–Crippen LogP) is 5.02. The van der Waals surface area contributed by atoms with Gasteiger partial charge in [-0.05, 0) is 37.1 Å². The van der Waals surface area contributed by atoms with E-state index in [1.807, 2.05) is 6.92 Å². The van der Waals surface area contributed by atoms with Gasteiger partial charge in [0.25, 0.3) is 0 Å². The smallest absolute Gasteiger partial charge is 0.163 e. The second kappa shape index (κ2) is 8.73. The van der Waals surface area contributed by atoms with Crippen LogP contribution in [0.3, 0.4) is 0 Å². The molecule has 0 atom stereocenters. The molecule has 2 heteroatoms. The van der Waals surface area contributed by atoms with Crippen LogP contribution < -0.4 is 0 Å². The van der Waals surface area contributed by atoms with Crippen LogP contribution in [-0.2, 0) is 0 Å². The summed E-state index contributed by atoms with van der Waals surface area (Å²) >= 11 is 0. The Morgan fingerprint density at radius 1 is 1.05 bits per heavy atom. The third kappa shape index (κ3) is 5.91. The summed E-state index contributed by atoms with van der Waals surface area (Å²) in [6.07, 6.45) is 9.20. The first-order valence-electron chi connectivity index (χ1n) is 7.48. The van der Waals surface area contributed by atoms with Gasteiger partial charge in [-0.3, -0.25) is 4.79 Å². The Morgan fingerprint density at radius 2 is 1.68 bits per heavy atom. The molecule has 0 spiro atoms. The summed E-state index contributed by atoms with van der Waals surface area (Å²) < 4.78 is 0. The Bertz CT molecular complexity index is 396. The highest BCUT2D eigenvalue weighted by Gasteiger charge is 2.08. The number of carbonyl (C=O) groups is 1. The van der Waals surface area contributed by atoms with Gasteiger partial charge < -0.3 is 5.11 Å². The number of phenols is 1. The molecule has 1 rings (SSSR count). The van der Waals surface area contributed by atoms with Crippen LogP contribution in [0.4, 0.5) is 0 Å². The maximum absolute atomic E-state index is 12.0. The molecule has 0 aliphatic rings. The Kier molecular flexibility index (Phi) is 7.24. The van der Waals surface area contributed by atoms with Gasteiger partial charge in [-0.2, -0.15) is 0 Å². The Labute approximate surface area is 116 Å². The molecule has 0 bridgehead atoms. The van der Waals surface area contributed by atoms with Gasteiger partial charge in [0.2, 0.25) is 0 Å². The van der Waals surface area contributed by atoms with E-state index in [9.17, 15) is 9.90 Å². The lowest BCUT2D eigenvalue weighted by Crippen LogP contribution is -2.01. The van der Waals surface area contributed by atoms with Crippen LogP contribution in [0.1, 0.15) is 74.2 Å². The molecule has 2 nitrogen and oxygen atoms in total. The number of phenolic OH excluding ortho intramolecular Hbond substituents is 1. The van der Waals surface area contributed by atoms with Crippen molar-refractivity contribution in [3.8, 4) is 5.75 Å². The van der Waals surface area contributed by atoms with E-state index in [0.29, 0.717) is 6.42 Å². The van der Waals surface area contributed by atoms with Crippen LogP contribution in [0.5, 0.6) is 5.75 Å². The molecule has 0 saturated heterocycles. The van der Waals surface area contributed by atoms with E-state index >= 15 is 0 Å². The Balaban J connectivity index is 2.24. The van der Waals surface area contributed by atoms with E-state index < -0.39 is 0 Å². The normalized spacial score (nSPS) is 10.6. The van der Waals surface area contributed by atoms with E-state index in [1.165, 1.54) is 32.1 Å². The van der Waals surface area contributed by atoms with Crippen LogP contribution in [0, 0.1) is 6.92 Å². The monoisotopic (exact) mass is 262 g/mol. The standard InChI is InChI=1S/C17H26O2/c1-3-4-5-6-7-8-9-10-17(19)16-12-11-15(18)13-14(16)2/h11-13,18H,3-10H2,1-2H3. The van der Waals surface area contributed by atoms with E-state index in [2.05, 4.69) is 6.92 Å². The van der Waals surface area contributed by atoms with E-state index in [1.54, 1.807) is 18.2 Å². The van der Waals surface area contributed by atoms with Crippen LogP contribution in [0.15, 0.2) is 18.2 Å². The SMILES string of the molecule is CCCCCCCCCC(=O)c1ccc(O)cc1C. The molecule has 0 fully saturated rings. The summed E-state index contributed by atoms with van der Waals surface area (Å²) in [5.74, 6) is 0.427. The van der Waals surface area contributed by atoms with Gasteiger partial charge in [0, 0.05) is 12.0 Å². The van der Waals surface area contributed by atoms with Gasteiger partial charge in [-0.15, -0.1) is 0 Å². The van der Waals surface area contributed by atoms with E-state index in [4.69, 9.17) is 0 Å². The number of hydrogen-bond donors (Lipinski definition) is 1. The molecule has 0 aliphatic carbocycles. The molecular weight excluding hydrogens is 236 g/mol. The summed E-state index contributed by atoms with van der Waals surface area (Å²) in [5, 5.41) is 9.32. The van der Waals surface area contributed by atoms with Crippen molar-refractivity contribution < 1.29 is 9.90 Å². The zero-order valence-electron chi connectivity index (χ0n) is 12.2. The van der Waals surface area contributed by atoms with Crippen LogP contribution in [-0.4, -0.2) is 10.9 Å². The largest absolute Gasteiger partial charge is 0.508 e. The maximum atomic E-state index is 12.0. The number of benzene rings is 1. The van der Waals surface area contributed by atoms with Crippen molar-refractivity contribution in [2.24, 2.45) is 0 Å². The second-order valence-corrected chi connectivity index (χ2v) is 5.29.